The first kappa shape index (κ1) is 20.3. The quantitative estimate of drug-likeness (QED) is 0.739. The van der Waals surface area contributed by atoms with E-state index in [2.05, 4.69) is 15.5 Å². The zero-order valence-corrected chi connectivity index (χ0v) is 15.2. The van der Waals surface area contributed by atoms with E-state index in [0.29, 0.717) is 25.1 Å². The largest absolute Gasteiger partial charge is 0.355 e. The number of nitrogens with one attached hydrogen (secondary N) is 2. The standard InChI is InChI=1S/C19H27F2N3O2/c1-2-9-22-19(26)13-24-10-7-15(8-11-24)23-18(25)6-4-14-3-5-16(20)17(21)12-14/h3,5,12,15H,2,4,6-11,13H2,1H3,(H,22,26)(H,23,25). The lowest BCUT2D eigenvalue weighted by atomic mass is 10.0. The average molecular weight is 367 g/mol. The number of rotatable bonds is 8. The number of aryl methyl sites for hydroxylation is 1. The van der Waals surface area contributed by atoms with Gasteiger partial charge in [-0.2, -0.15) is 0 Å². The van der Waals surface area contributed by atoms with Crippen LogP contribution < -0.4 is 10.6 Å². The molecule has 0 saturated carbocycles. The van der Waals surface area contributed by atoms with Crippen LogP contribution >= 0.6 is 0 Å². The van der Waals surface area contributed by atoms with Gasteiger partial charge in [0, 0.05) is 32.1 Å². The molecule has 1 saturated heterocycles. The third-order valence-electron chi connectivity index (χ3n) is 4.52. The van der Waals surface area contributed by atoms with Gasteiger partial charge in [-0.25, -0.2) is 8.78 Å². The van der Waals surface area contributed by atoms with Crippen LogP contribution in [0.4, 0.5) is 8.78 Å². The molecule has 0 spiro atoms. The van der Waals surface area contributed by atoms with E-state index in [0.717, 1.165) is 44.5 Å². The normalized spacial score (nSPS) is 15.7. The van der Waals surface area contributed by atoms with Gasteiger partial charge in [0.15, 0.2) is 11.6 Å². The molecule has 0 bridgehead atoms. The summed E-state index contributed by atoms with van der Waals surface area (Å²) in [6.45, 7) is 4.66. The number of halogens is 2. The summed E-state index contributed by atoms with van der Waals surface area (Å²) in [4.78, 5) is 25.9. The van der Waals surface area contributed by atoms with Gasteiger partial charge in [-0.3, -0.25) is 14.5 Å². The molecule has 144 valence electrons. The molecule has 2 N–H and O–H groups in total. The third-order valence-corrected chi connectivity index (χ3v) is 4.52. The van der Waals surface area contributed by atoms with Crippen molar-refractivity contribution in [3.63, 3.8) is 0 Å². The second-order valence-electron chi connectivity index (χ2n) is 6.72. The molecule has 1 heterocycles. The van der Waals surface area contributed by atoms with Crippen molar-refractivity contribution in [3.05, 3.63) is 35.4 Å². The summed E-state index contributed by atoms with van der Waals surface area (Å²) in [6.07, 6.45) is 3.14. The van der Waals surface area contributed by atoms with Crippen molar-refractivity contribution in [1.29, 1.82) is 0 Å². The predicted octanol–water partition coefficient (Wildman–Crippen LogP) is 2.00. The molecule has 0 atom stereocenters. The highest BCUT2D eigenvalue weighted by molar-refractivity contribution is 5.78. The van der Waals surface area contributed by atoms with Crippen molar-refractivity contribution in [2.45, 2.75) is 45.1 Å². The Morgan fingerprint density at radius 3 is 2.54 bits per heavy atom. The summed E-state index contributed by atoms with van der Waals surface area (Å²) in [5.41, 5.74) is 0.604. The summed E-state index contributed by atoms with van der Waals surface area (Å²) < 4.78 is 26.1. The van der Waals surface area contributed by atoms with E-state index in [1.807, 2.05) is 6.92 Å². The summed E-state index contributed by atoms with van der Waals surface area (Å²) in [7, 11) is 0. The highest BCUT2D eigenvalue weighted by atomic mass is 19.2. The van der Waals surface area contributed by atoms with Crippen molar-refractivity contribution in [2.24, 2.45) is 0 Å². The molecule has 2 rings (SSSR count). The lowest BCUT2D eigenvalue weighted by Crippen LogP contribution is -2.47. The highest BCUT2D eigenvalue weighted by Gasteiger charge is 2.21. The zero-order chi connectivity index (χ0) is 18.9. The Hall–Kier alpha value is -2.02. The Morgan fingerprint density at radius 1 is 1.15 bits per heavy atom. The van der Waals surface area contributed by atoms with Crippen LogP contribution in [0.25, 0.3) is 0 Å². The fraction of sp³-hybridized carbons (Fsp3) is 0.579. The number of benzene rings is 1. The number of carbonyl (C=O) groups is 2. The van der Waals surface area contributed by atoms with Gasteiger partial charge in [0.2, 0.25) is 11.8 Å². The maximum Gasteiger partial charge on any atom is 0.234 e. The average Bonchev–Trinajstić information content (AvgIpc) is 2.62. The minimum Gasteiger partial charge on any atom is -0.355 e. The smallest absolute Gasteiger partial charge is 0.234 e. The SMILES string of the molecule is CCCNC(=O)CN1CCC(NC(=O)CCc2ccc(F)c(F)c2)CC1. The fourth-order valence-electron chi connectivity index (χ4n) is 3.01. The molecule has 1 aliphatic rings. The lowest BCUT2D eigenvalue weighted by Gasteiger charge is -2.31. The van der Waals surface area contributed by atoms with Gasteiger partial charge in [0.1, 0.15) is 0 Å². The summed E-state index contributed by atoms with van der Waals surface area (Å²) in [6, 6.07) is 3.80. The van der Waals surface area contributed by atoms with Crippen molar-refractivity contribution in [1.82, 2.24) is 15.5 Å². The molecule has 0 unspecified atom stereocenters. The Kier molecular flexibility index (Phi) is 7.97. The minimum absolute atomic E-state index is 0.0425. The number of amides is 2. The maximum atomic E-state index is 13.2. The van der Waals surface area contributed by atoms with Crippen LogP contribution in [-0.4, -0.2) is 48.9 Å². The second kappa shape index (κ2) is 10.2. The van der Waals surface area contributed by atoms with E-state index in [1.165, 1.54) is 6.07 Å². The summed E-state index contributed by atoms with van der Waals surface area (Å²) >= 11 is 0. The van der Waals surface area contributed by atoms with E-state index >= 15 is 0 Å². The molecular weight excluding hydrogens is 340 g/mol. The molecule has 0 radical (unpaired) electrons. The van der Waals surface area contributed by atoms with E-state index in [-0.39, 0.29) is 24.3 Å². The van der Waals surface area contributed by atoms with Gasteiger partial charge in [-0.15, -0.1) is 0 Å². The topological polar surface area (TPSA) is 61.4 Å². The van der Waals surface area contributed by atoms with Crippen LogP contribution in [0.2, 0.25) is 0 Å². The molecule has 1 fully saturated rings. The molecule has 1 aromatic carbocycles. The predicted molar refractivity (Wildman–Crippen MR) is 95.6 cm³/mol. The Labute approximate surface area is 153 Å². The number of piperidine rings is 1. The van der Waals surface area contributed by atoms with Gasteiger partial charge in [0.25, 0.3) is 0 Å². The molecular formula is C19H27F2N3O2. The maximum absolute atomic E-state index is 13.2. The lowest BCUT2D eigenvalue weighted by molar-refractivity contribution is -0.124. The van der Waals surface area contributed by atoms with Crippen LogP contribution in [0.1, 0.15) is 38.2 Å². The first-order valence-corrected chi connectivity index (χ1v) is 9.20. The first-order valence-electron chi connectivity index (χ1n) is 9.20. The molecule has 1 aliphatic heterocycles. The summed E-state index contributed by atoms with van der Waals surface area (Å²) in [5, 5.41) is 5.85. The number of nitrogens with zero attached hydrogens (tertiary/aromatic N) is 1. The summed E-state index contributed by atoms with van der Waals surface area (Å²) in [5.74, 6) is -1.82. The first-order chi connectivity index (χ1) is 12.5. The Balaban J connectivity index is 1.66. The monoisotopic (exact) mass is 367 g/mol. The van der Waals surface area contributed by atoms with Crippen LogP contribution in [-0.2, 0) is 16.0 Å². The molecule has 0 aliphatic carbocycles. The zero-order valence-electron chi connectivity index (χ0n) is 15.2. The molecule has 5 nitrogen and oxygen atoms in total. The fourth-order valence-corrected chi connectivity index (χ4v) is 3.01. The van der Waals surface area contributed by atoms with Crippen LogP contribution in [0, 0.1) is 11.6 Å². The second-order valence-corrected chi connectivity index (χ2v) is 6.72. The Bertz CT molecular complexity index is 617. The van der Waals surface area contributed by atoms with Gasteiger partial charge in [-0.05, 0) is 43.4 Å². The van der Waals surface area contributed by atoms with E-state index < -0.39 is 11.6 Å². The van der Waals surface area contributed by atoms with E-state index in [9.17, 15) is 18.4 Å². The number of carbonyl (C=O) groups excluding carboxylic acids is 2. The van der Waals surface area contributed by atoms with Gasteiger partial charge in [-0.1, -0.05) is 13.0 Å². The Morgan fingerprint density at radius 2 is 1.88 bits per heavy atom. The highest BCUT2D eigenvalue weighted by Crippen LogP contribution is 2.12. The molecule has 2 amide bonds. The van der Waals surface area contributed by atoms with Crippen molar-refractivity contribution in [2.75, 3.05) is 26.2 Å². The van der Waals surface area contributed by atoms with Gasteiger partial charge < -0.3 is 10.6 Å². The van der Waals surface area contributed by atoms with Crippen LogP contribution in [0.5, 0.6) is 0 Å². The number of hydrogen-bond donors (Lipinski definition) is 2. The van der Waals surface area contributed by atoms with Crippen molar-refractivity contribution < 1.29 is 18.4 Å². The molecule has 26 heavy (non-hydrogen) atoms. The minimum atomic E-state index is -0.891. The van der Waals surface area contributed by atoms with Crippen molar-refractivity contribution >= 4 is 11.8 Å². The van der Waals surface area contributed by atoms with Crippen molar-refractivity contribution in [3.8, 4) is 0 Å². The van der Waals surface area contributed by atoms with Gasteiger partial charge >= 0.3 is 0 Å². The van der Waals surface area contributed by atoms with Crippen LogP contribution in [0.15, 0.2) is 18.2 Å². The number of hydrogen-bond acceptors (Lipinski definition) is 3. The van der Waals surface area contributed by atoms with E-state index in [1.54, 1.807) is 0 Å². The van der Waals surface area contributed by atoms with E-state index in [4.69, 9.17) is 0 Å². The molecule has 1 aromatic rings. The molecule has 0 aromatic heterocycles. The van der Waals surface area contributed by atoms with Gasteiger partial charge in [0.05, 0.1) is 6.54 Å². The number of likely N-dealkylation sites (tertiary alicyclic amines) is 1. The van der Waals surface area contributed by atoms with Crippen LogP contribution in [0.3, 0.4) is 0 Å². The molecule has 7 heteroatoms. The third kappa shape index (κ3) is 6.71.